The summed E-state index contributed by atoms with van der Waals surface area (Å²) in [6, 6.07) is 18.7. The molecule has 0 saturated heterocycles. The van der Waals surface area contributed by atoms with E-state index in [4.69, 9.17) is 4.84 Å². The normalized spacial score (nSPS) is 11.2. The summed E-state index contributed by atoms with van der Waals surface area (Å²) in [7, 11) is 1.58. The number of benzene rings is 2. The molecule has 2 aromatic carbocycles. The zero-order chi connectivity index (χ0) is 14.2. The van der Waals surface area contributed by atoms with Crippen molar-refractivity contribution in [3.8, 4) is 11.1 Å². The van der Waals surface area contributed by atoms with E-state index in [9.17, 15) is 0 Å². The summed E-state index contributed by atoms with van der Waals surface area (Å²) < 4.78 is 0. The van der Waals surface area contributed by atoms with Gasteiger partial charge < -0.3 is 4.84 Å². The minimum absolute atomic E-state index is 0.835. The van der Waals surface area contributed by atoms with E-state index < -0.39 is 0 Å². The molecule has 0 amide bonds. The molecule has 0 aliphatic rings. The van der Waals surface area contributed by atoms with Crippen molar-refractivity contribution in [2.75, 3.05) is 7.11 Å². The van der Waals surface area contributed by atoms with E-state index >= 15 is 0 Å². The summed E-state index contributed by atoms with van der Waals surface area (Å²) in [5.41, 5.74) is 4.46. The van der Waals surface area contributed by atoms with E-state index in [1.54, 1.807) is 7.11 Å². The summed E-state index contributed by atoms with van der Waals surface area (Å²) in [6.45, 7) is 3.74. The number of oxime groups is 1. The standard InChI is InChI=1S/C18H19NO/c1-3-4-10-18(19-20-2)17-13-11-16(12-14-17)15-8-6-5-7-9-15/h3,5-9,11-14H,1,4,10H2,2H3. The van der Waals surface area contributed by atoms with Crippen molar-refractivity contribution >= 4 is 5.71 Å². The van der Waals surface area contributed by atoms with Gasteiger partial charge in [0.05, 0.1) is 5.71 Å². The largest absolute Gasteiger partial charge is 0.399 e. The Hall–Kier alpha value is -2.35. The lowest BCUT2D eigenvalue weighted by Crippen LogP contribution is -2.01. The summed E-state index contributed by atoms with van der Waals surface area (Å²) in [4.78, 5) is 4.92. The van der Waals surface area contributed by atoms with Crippen LogP contribution in [0.1, 0.15) is 18.4 Å². The maximum absolute atomic E-state index is 4.92. The average molecular weight is 265 g/mol. The van der Waals surface area contributed by atoms with Crippen molar-refractivity contribution in [1.82, 2.24) is 0 Å². The van der Waals surface area contributed by atoms with E-state index in [0.29, 0.717) is 0 Å². The first kappa shape index (κ1) is 14.1. The van der Waals surface area contributed by atoms with E-state index in [0.717, 1.165) is 24.1 Å². The highest BCUT2D eigenvalue weighted by Crippen LogP contribution is 2.20. The summed E-state index contributed by atoms with van der Waals surface area (Å²) in [6.07, 6.45) is 3.62. The Morgan fingerprint density at radius 1 is 1.05 bits per heavy atom. The molecule has 2 aromatic rings. The Bertz CT molecular complexity index is 570. The second-order valence-corrected chi connectivity index (χ2v) is 4.49. The number of nitrogens with zero attached hydrogens (tertiary/aromatic N) is 1. The minimum atomic E-state index is 0.835. The third-order valence-electron chi connectivity index (χ3n) is 3.11. The van der Waals surface area contributed by atoms with Gasteiger partial charge in [0.2, 0.25) is 0 Å². The second-order valence-electron chi connectivity index (χ2n) is 4.49. The molecule has 2 rings (SSSR count). The predicted octanol–water partition coefficient (Wildman–Crippen LogP) is 4.67. The zero-order valence-electron chi connectivity index (χ0n) is 11.8. The smallest absolute Gasteiger partial charge is 0.106 e. The lowest BCUT2D eigenvalue weighted by atomic mass is 10.0. The number of hydrogen-bond acceptors (Lipinski definition) is 2. The predicted molar refractivity (Wildman–Crippen MR) is 84.9 cm³/mol. The topological polar surface area (TPSA) is 21.6 Å². The van der Waals surface area contributed by atoms with Gasteiger partial charge in [-0.3, -0.25) is 0 Å². The van der Waals surface area contributed by atoms with Crippen LogP contribution in [-0.2, 0) is 4.84 Å². The van der Waals surface area contributed by atoms with Crippen LogP contribution in [0, 0.1) is 0 Å². The molecule has 102 valence electrons. The lowest BCUT2D eigenvalue weighted by molar-refractivity contribution is 0.213. The Balaban J connectivity index is 2.22. The number of allylic oxidation sites excluding steroid dienone is 1. The van der Waals surface area contributed by atoms with Crippen molar-refractivity contribution in [2.45, 2.75) is 12.8 Å². The first-order valence-electron chi connectivity index (χ1n) is 6.72. The number of rotatable bonds is 6. The Labute approximate surface area is 120 Å². The maximum Gasteiger partial charge on any atom is 0.106 e. The SMILES string of the molecule is C=CCCC(=NOC)c1ccc(-c2ccccc2)cc1. The third-order valence-corrected chi connectivity index (χ3v) is 3.11. The molecule has 0 atom stereocenters. The van der Waals surface area contributed by atoms with Crippen LogP contribution in [0.3, 0.4) is 0 Å². The molecule has 0 aromatic heterocycles. The molecule has 0 saturated carbocycles. The van der Waals surface area contributed by atoms with E-state index in [-0.39, 0.29) is 0 Å². The van der Waals surface area contributed by atoms with Crippen LogP contribution < -0.4 is 0 Å². The molecule has 0 aliphatic heterocycles. The van der Waals surface area contributed by atoms with Crippen molar-refractivity contribution in [3.05, 3.63) is 72.8 Å². The highest BCUT2D eigenvalue weighted by molar-refractivity contribution is 6.00. The molecule has 0 N–H and O–H groups in total. The molecule has 0 aliphatic carbocycles. The first-order valence-corrected chi connectivity index (χ1v) is 6.72. The molecule has 2 heteroatoms. The molecular weight excluding hydrogens is 246 g/mol. The molecule has 20 heavy (non-hydrogen) atoms. The average Bonchev–Trinajstić information content (AvgIpc) is 2.52. The maximum atomic E-state index is 4.92. The second kappa shape index (κ2) is 7.29. The molecule has 0 spiro atoms. The highest BCUT2D eigenvalue weighted by Gasteiger charge is 2.04. The van der Waals surface area contributed by atoms with Crippen molar-refractivity contribution in [1.29, 1.82) is 0 Å². The monoisotopic (exact) mass is 265 g/mol. The fourth-order valence-corrected chi connectivity index (χ4v) is 2.08. The fourth-order valence-electron chi connectivity index (χ4n) is 2.08. The van der Waals surface area contributed by atoms with Gasteiger partial charge in [0, 0.05) is 0 Å². The van der Waals surface area contributed by atoms with Gasteiger partial charge in [0.15, 0.2) is 0 Å². The van der Waals surface area contributed by atoms with Crippen LogP contribution in [0.25, 0.3) is 11.1 Å². The van der Waals surface area contributed by atoms with Gasteiger partial charge >= 0.3 is 0 Å². The fraction of sp³-hybridized carbons (Fsp3) is 0.167. The molecule has 0 unspecified atom stereocenters. The van der Waals surface area contributed by atoms with Gasteiger partial charge in [-0.15, -0.1) is 6.58 Å². The van der Waals surface area contributed by atoms with Crippen LogP contribution >= 0.6 is 0 Å². The Morgan fingerprint density at radius 3 is 2.30 bits per heavy atom. The summed E-state index contributed by atoms with van der Waals surface area (Å²) >= 11 is 0. The summed E-state index contributed by atoms with van der Waals surface area (Å²) in [5, 5.41) is 4.10. The van der Waals surface area contributed by atoms with Gasteiger partial charge in [0.1, 0.15) is 7.11 Å². The molecule has 2 nitrogen and oxygen atoms in total. The van der Waals surface area contributed by atoms with Crippen LogP contribution in [-0.4, -0.2) is 12.8 Å². The van der Waals surface area contributed by atoms with Gasteiger partial charge in [-0.05, 0) is 29.5 Å². The Kier molecular flexibility index (Phi) is 5.13. The van der Waals surface area contributed by atoms with Gasteiger partial charge in [-0.25, -0.2) is 0 Å². The number of hydrogen-bond donors (Lipinski definition) is 0. The van der Waals surface area contributed by atoms with Crippen LogP contribution in [0.2, 0.25) is 0 Å². The molecule has 0 radical (unpaired) electrons. The van der Waals surface area contributed by atoms with Crippen LogP contribution in [0.5, 0.6) is 0 Å². The first-order chi connectivity index (χ1) is 9.85. The molecule has 0 heterocycles. The van der Waals surface area contributed by atoms with Crippen LogP contribution in [0.4, 0.5) is 0 Å². The van der Waals surface area contributed by atoms with Crippen molar-refractivity contribution in [2.24, 2.45) is 5.16 Å². The Morgan fingerprint density at radius 2 is 1.70 bits per heavy atom. The zero-order valence-corrected chi connectivity index (χ0v) is 11.8. The van der Waals surface area contributed by atoms with Gasteiger partial charge in [-0.2, -0.15) is 0 Å². The quantitative estimate of drug-likeness (QED) is 0.422. The van der Waals surface area contributed by atoms with Crippen molar-refractivity contribution < 1.29 is 4.84 Å². The van der Waals surface area contributed by atoms with Gasteiger partial charge in [0.25, 0.3) is 0 Å². The van der Waals surface area contributed by atoms with Crippen LogP contribution in [0.15, 0.2) is 72.4 Å². The molecule has 0 bridgehead atoms. The molecule has 0 fully saturated rings. The molecular formula is C18H19NO. The summed E-state index contributed by atoms with van der Waals surface area (Å²) in [5.74, 6) is 0. The third kappa shape index (κ3) is 3.58. The highest BCUT2D eigenvalue weighted by atomic mass is 16.6. The van der Waals surface area contributed by atoms with Crippen molar-refractivity contribution in [3.63, 3.8) is 0 Å². The minimum Gasteiger partial charge on any atom is -0.399 e. The van der Waals surface area contributed by atoms with E-state index in [1.165, 1.54) is 11.1 Å². The van der Waals surface area contributed by atoms with E-state index in [2.05, 4.69) is 48.1 Å². The lowest BCUT2D eigenvalue weighted by Gasteiger charge is -2.06. The van der Waals surface area contributed by atoms with E-state index in [1.807, 2.05) is 24.3 Å². The van der Waals surface area contributed by atoms with Gasteiger partial charge in [-0.1, -0.05) is 65.8 Å².